The maximum atomic E-state index is 5.08. The van der Waals surface area contributed by atoms with Gasteiger partial charge in [-0.1, -0.05) is 177 Å². The molecule has 51 heavy (non-hydrogen) atoms. The van der Waals surface area contributed by atoms with E-state index in [1.807, 2.05) is 60.7 Å². The second-order valence-corrected chi connectivity index (χ2v) is 14.7. The van der Waals surface area contributed by atoms with E-state index in [2.05, 4.69) is 112 Å². The predicted molar refractivity (Wildman–Crippen MR) is 223 cm³/mol. The average Bonchev–Trinajstić information content (AvgIpc) is 3.66. The van der Waals surface area contributed by atoms with Crippen LogP contribution in [0.25, 0.3) is 5.32 Å². The van der Waals surface area contributed by atoms with E-state index in [4.69, 9.17) is 40.3 Å². The minimum Gasteiger partial charge on any atom is -0.780 e. The SMILES string of the molecule is C1CCOC1.CC(/C=C(/C)[N-]c1c(C(C)C)cccc1C(C)C)=Nc1c(C(C)C)cccc1C(C)C.[S-]c1ccccc1.[S-]c1ccccc1.[Sm+3]. The fraction of sp³-hybridized carbons (Fsp3) is 0.400. The van der Waals surface area contributed by atoms with Gasteiger partial charge in [-0.25, -0.2) is 0 Å². The number of aliphatic imine (C=N–C) groups is 1. The molecule has 1 heterocycles. The van der Waals surface area contributed by atoms with Crippen LogP contribution in [0.5, 0.6) is 0 Å². The standard InChI is InChI=1S/C29H41N2.2C6H6S.C4H8O.Sm/c1-18(2)24-13-11-14-25(19(3)4)28(24)30-22(9)17-23(10)31-29-26(20(5)6)15-12-16-27(29)21(7)8;2*7-6-4-2-1-3-5-6;1-2-4-5-3-1;/h11-21H,1-10H3;2*1-5,7H;1-4H2;/q-1;;;;+3/p-2/b22-17-,31-23?;;;;. The van der Waals surface area contributed by atoms with Crippen LogP contribution in [0.2, 0.25) is 0 Å². The van der Waals surface area contributed by atoms with E-state index < -0.39 is 0 Å². The molecule has 1 saturated heterocycles. The molecule has 1 fully saturated rings. The molecule has 0 aliphatic carbocycles. The van der Waals surface area contributed by atoms with Gasteiger partial charge in [0.15, 0.2) is 0 Å². The fourth-order valence-corrected chi connectivity index (χ4v) is 5.67. The Balaban J connectivity index is 0.000000517. The van der Waals surface area contributed by atoms with Gasteiger partial charge in [-0.15, -0.1) is 5.69 Å². The van der Waals surface area contributed by atoms with Crippen LogP contribution in [0, 0.1) is 40.4 Å². The summed E-state index contributed by atoms with van der Waals surface area (Å²) in [7, 11) is 0. The second-order valence-electron chi connectivity index (χ2n) is 13.8. The first-order valence-corrected chi connectivity index (χ1v) is 18.9. The summed E-state index contributed by atoms with van der Waals surface area (Å²) in [6.07, 6.45) is 4.67. The Labute approximate surface area is 354 Å². The molecular formula is C45H59N2OS2Sm. The Bertz CT molecular complexity index is 1500. The fourth-order valence-electron chi connectivity index (χ4n) is 5.35. The van der Waals surface area contributed by atoms with Crippen LogP contribution in [-0.2, 0) is 30.0 Å². The molecule has 0 atom stereocenters. The van der Waals surface area contributed by atoms with Gasteiger partial charge in [0.25, 0.3) is 0 Å². The van der Waals surface area contributed by atoms with Crippen LogP contribution >= 0.6 is 0 Å². The summed E-state index contributed by atoms with van der Waals surface area (Å²) in [5, 5.41) is 5.08. The first kappa shape index (κ1) is 46.8. The Morgan fingerprint density at radius 1 is 0.588 bits per heavy atom. The molecule has 5 rings (SSSR count). The minimum atomic E-state index is 0. The molecule has 1 radical (unpaired) electrons. The number of ether oxygens (including phenoxy) is 1. The van der Waals surface area contributed by atoms with Crippen molar-refractivity contribution < 1.29 is 45.1 Å². The van der Waals surface area contributed by atoms with Gasteiger partial charge in [0.05, 0.1) is 5.69 Å². The molecule has 0 bridgehead atoms. The zero-order valence-corrected chi connectivity index (χ0v) is 36.7. The molecule has 0 N–H and O–H groups in total. The van der Waals surface area contributed by atoms with Crippen LogP contribution < -0.4 is 0 Å². The Kier molecular flexibility index (Phi) is 23.6. The number of benzene rings is 4. The third-order valence-electron chi connectivity index (χ3n) is 7.99. The van der Waals surface area contributed by atoms with Crippen molar-refractivity contribution >= 4 is 42.3 Å². The number of allylic oxidation sites excluding steroid dienone is 2. The summed E-state index contributed by atoms with van der Waals surface area (Å²) in [5.74, 6) is 1.75. The maximum absolute atomic E-state index is 5.08. The first-order valence-electron chi connectivity index (χ1n) is 18.0. The average molecular weight is 858 g/mol. The van der Waals surface area contributed by atoms with Gasteiger partial charge in [0, 0.05) is 18.9 Å². The summed E-state index contributed by atoms with van der Waals surface area (Å²) < 4.78 is 4.94. The van der Waals surface area contributed by atoms with Crippen LogP contribution in [0.4, 0.5) is 11.4 Å². The molecule has 0 spiro atoms. The zero-order chi connectivity index (χ0) is 37.1. The second kappa shape index (κ2) is 25.7. The van der Waals surface area contributed by atoms with E-state index in [1.165, 1.54) is 35.1 Å². The number of rotatable bonds is 8. The van der Waals surface area contributed by atoms with Crippen LogP contribution in [0.15, 0.2) is 124 Å². The molecule has 0 saturated carbocycles. The topological polar surface area (TPSA) is 35.7 Å². The summed E-state index contributed by atoms with van der Waals surface area (Å²) in [6, 6.07) is 32.4. The van der Waals surface area contributed by atoms with E-state index in [-0.39, 0.29) is 40.4 Å². The number of hydrogen-bond donors (Lipinski definition) is 0. The summed E-state index contributed by atoms with van der Waals surface area (Å²) in [4.78, 5) is 6.89. The zero-order valence-electron chi connectivity index (χ0n) is 32.5. The molecule has 4 aromatic rings. The van der Waals surface area contributed by atoms with Gasteiger partial charge in [-0.3, -0.25) is 4.99 Å². The summed E-state index contributed by atoms with van der Waals surface area (Å²) >= 11 is 9.62. The number of nitrogens with zero attached hydrogens (tertiary/aromatic N) is 2. The molecule has 0 unspecified atom stereocenters. The van der Waals surface area contributed by atoms with Crippen molar-refractivity contribution in [2.45, 2.75) is 116 Å². The Morgan fingerprint density at radius 2 is 0.961 bits per heavy atom. The van der Waals surface area contributed by atoms with E-state index in [1.54, 1.807) is 0 Å². The van der Waals surface area contributed by atoms with Gasteiger partial charge in [-0.05, 0) is 54.6 Å². The van der Waals surface area contributed by atoms with E-state index >= 15 is 0 Å². The molecule has 3 nitrogen and oxygen atoms in total. The minimum absolute atomic E-state index is 0. The Morgan fingerprint density at radius 3 is 1.25 bits per heavy atom. The summed E-state index contributed by atoms with van der Waals surface area (Å²) in [6.45, 7) is 24.1. The predicted octanol–water partition coefficient (Wildman–Crippen LogP) is 13.9. The molecule has 1 aliphatic heterocycles. The molecule has 6 heteroatoms. The van der Waals surface area contributed by atoms with Gasteiger partial charge in [0.1, 0.15) is 0 Å². The van der Waals surface area contributed by atoms with Crippen molar-refractivity contribution in [3.63, 3.8) is 0 Å². The van der Waals surface area contributed by atoms with Crippen molar-refractivity contribution in [3.05, 3.63) is 136 Å². The smallest absolute Gasteiger partial charge is 0.780 e. The van der Waals surface area contributed by atoms with E-state index in [9.17, 15) is 0 Å². The first-order chi connectivity index (χ1) is 23.8. The van der Waals surface area contributed by atoms with Gasteiger partial charge < -0.3 is 35.3 Å². The van der Waals surface area contributed by atoms with Gasteiger partial charge in [-0.2, -0.15) is 15.5 Å². The molecule has 4 aromatic carbocycles. The van der Waals surface area contributed by atoms with Crippen molar-refractivity contribution in [1.82, 2.24) is 0 Å². The van der Waals surface area contributed by atoms with Crippen LogP contribution in [0.1, 0.15) is 128 Å². The molecule has 273 valence electrons. The monoisotopic (exact) mass is 859 g/mol. The number of para-hydroxylation sites is 2. The normalized spacial score (nSPS) is 12.7. The van der Waals surface area contributed by atoms with E-state index in [0.29, 0.717) is 23.7 Å². The molecule has 0 aromatic heterocycles. The van der Waals surface area contributed by atoms with Gasteiger partial charge in [0.2, 0.25) is 0 Å². The van der Waals surface area contributed by atoms with Crippen molar-refractivity contribution in [2.24, 2.45) is 4.99 Å². The van der Waals surface area contributed by atoms with Crippen LogP contribution in [-0.4, -0.2) is 18.9 Å². The van der Waals surface area contributed by atoms with Crippen LogP contribution in [0.3, 0.4) is 0 Å². The third-order valence-corrected chi connectivity index (χ3v) is 8.54. The maximum Gasteiger partial charge on any atom is 3.00 e. The molecule has 1 aliphatic rings. The van der Waals surface area contributed by atoms with Crippen molar-refractivity contribution in [1.29, 1.82) is 0 Å². The van der Waals surface area contributed by atoms with E-state index in [0.717, 1.165) is 45.8 Å². The summed E-state index contributed by atoms with van der Waals surface area (Å²) in [5.41, 5.74) is 9.45. The van der Waals surface area contributed by atoms with Gasteiger partial charge >= 0.3 is 40.4 Å². The molecular weight excluding hydrogens is 799 g/mol. The van der Waals surface area contributed by atoms with Crippen molar-refractivity contribution in [2.75, 3.05) is 13.2 Å². The third kappa shape index (κ3) is 17.9. The molecule has 0 amide bonds. The largest absolute Gasteiger partial charge is 3.00 e. The van der Waals surface area contributed by atoms with Crippen molar-refractivity contribution in [3.8, 4) is 0 Å². The Hall–Kier alpha value is -2.17. The number of hydrogen-bond acceptors (Lipinski definition) is 4. The quantitative estimate of drug-likeness (QED) is 0.131.